The van der Waals surface area contributed by atoms with Gasteiger partial charge < -0.3 is 5.11 Å². The first-order valence-corrected chi connectivity index (χ1v) is 10.3. The van der Waals surface area contributed by atoms with Gasteiger partial charge in [-0.3, -0.25) is 4.79 Å². The molecule has 0 aromatic carbocycles. The lowest BCUT2D eigenvalue weighted by Crippen LogP contribution is -2.31. The second kappa shape index (κ2) is 8.68. The second-order valence-electron chi connectivity index (χ2n) is 7.20. The van der Waals surface area contributed by atoms with Gasteiger partial charge in [-0.25, -0.2) is 9.97 Å². The summed E-state index contributed by atoms with van der Waals surface area (Å²) in [5, 5.41) is 11.4. The van der Waals surface area contributed by atoms with Crippen LogP contribution in [-0.2, 0) is 18.4 Å². The number of hydrogen-bond acceptors (Lipinski definition) is 4. The SMILES string of the molecule is CCCC1(O)CCCc2ccc(Cl)nc21.O=C1CCCc2ccc(Cl)nc21. The van der Waals surface area contributed by atoms with E-state index in [1.165, 1.54) is 0 Å². The van der Waals surface area contributed by atoms with Crippen LogP contribution in [0.1, 0.15) is 72.8 Å². The van der Waals surface area contributed by atoms with E-state index >= 15 is 0 Å². The maximum atomic E-state index is 11.3. The smallest absolute Gasteiger partial charge is 0.181 e. The van der Waals surface area contributed by atoms with E-state index in [2.05, 4.69) is 16.9 Å². The average Bonchev–Trinajstić information content (AvgIpc) is 2.64. The van der Waals surface area contributed by atoms with Gasteiger partial charge in [0.05, 0.1) is 5.69 Å². The predicted molar refractivity (Wildman–Crippen MR) is 108 cm³/mol. The minimum absolute atomic E-state index is 0.124. The van der Waals surface area contributed by atoms with Crippen molar-refractivity contribution in [1.82, 2.24) is 9.97 Å². The van der Waals surface area contributed by atoms with Crippen molar-refractivity contribution >= 4 is 29.0 Å². The maximum absolute atomic E-state index is 11.3. The number of carbonyl (C=O) groups excluding carboxylic acids is 1. The van der Waals surface area contributed by atoms with Crippen LogP contribution in [0.15, 0.2) is 24.3 Å². The molecule has 1 atom stereocenters. The third-order valence-corrected chi connectivity index (χ3v) is 5.57. The number of aliphatic hydroxyl groups is 1. The molecule has 2 heterocycles. The van der Waals surface area contributed by atoms with Crippen LogP contribution in [0.2, 0.25) is 10.3 Å². The van der Waals surface area contributed by atoms with Crippen LogP contribution in [-0.4, -0.2) is 20.9 Å². The third-order valence-electron chi connectivity index (χ3n) is 5.14. The number of hydrogen-bond donors (Lipinski definition) is 1. The van der Waals surface area contributed by atoms with E-state index < -0.39 is 5.60 Å². The summed E-state index contributed by atoms with van der Waals surface area (Å²) in [5.41, 5.74) is 2.84. The second-order valence-corrected chi connectivity index (χ2v) is 7.97. The minimum Gasteiger partial charge on any atom is -0.384 e. The monoisotopic (exact) mass is 406 g/mol. The van der Waals surface area contributed by atoms with Gasteiger partial charge in [0.1, 0.15) is 21.6 Å². The number of ketones is 1. The summed E-state index contributed by atoms with van der Waals surface area (Å²) < 4.78 is 0. The highest BCUT2D eigenvalue weighted by molar-refractivity contribution is 6.29. The third kappa shape index (κ3) is 4.68. The van der Waals surface area contributed by atoms with E-state index in [-0.39, 0.29) is 5.78 Å². The van der Waals surface area contributed by atoms with E-state index in [0.717, 1.165) is 61.8 Å². The molecular formula is C21H24Cl2N2O2. The highest BCUT2D eigenvalue weighted by Gasteiger charge is 2.35. The molecule has 2 aromatic rings. The van der Waals surface area contributed by atoms with Crippen LogP contribution < -0.4 is 0 Å². The lowest BCUT2D eigenvalue weighted by molar-refractivity contribution is 0.00490. The molecule has 144 valence electrons. The molecule has 6 heteroatoms. The summed E-state index contributed by atoms with van der Waals surface area (Å²) in [5.74, 6) is 0.124. The number of Topliss-reactive ketones (excluding diaryl/α,β-unsaturated/α-hetero) is 1. The number of halogens is 2. The number of carbonyl (C=O) groups is 1. The van der Waals surface area contributed by atoms with Gasteiger partial charge in [-0.2, -0.15) is 0 Å². The molecule has 4 rings (SSSR count). The summed E-state index contributed by atoms with van der Waals surface area (Å²) in [7, 11) is 0. The molecule has 0 fully saturated rings. The van der Waals surface area contributed by atoms with Crippen molar-refractivity contribution < 1.29 is 9.90 Å². The van der Waals surface area contributed by atoms with Gasteiger partial charge in [0.15, 0.2) is 5.78 Å². The summed E-state index contributed by atoms with van der Waals surface area (Å²) in [6, 6.07) is 7.42. The molecular weight excluding hydrogens is 383 g/mol. The van der Waals surface area contributed by atoms with Crippen molar-refractivity contribution in [3.63, 3.8) is 0 Å². The Balaban J connectivity index is 0.000000159. The van der Waals surface area contributed by atoms with E-state index in [1.54, 1.807) is 12.1 Å². The molecule has 0 saturated carbocycles. The predicted octanol–water partition coefficient (Wildman–Crippen LogP) is 5.31. The normalized spacial score (nSPS) is 21.0. The molecule has 0 radical (unpaired) electrons. The zero-order valence-electron chi connectivity index (χ0n) is 15.5. The van der Waals surface area contributed by atoms with E-state index in [1.807, 2.05) is 12.1 Å². The lowest BCUT2D eigenvalue weighted by atomic mass is 9.80. The van der Waals surface area contributed by atoms with E-state index in [9.17, 15) is 9.90 Å². The average molecular weight is 407 g/mol. The Hall–Kier alpha value is -1.49. The fraction of sp³-hybridized carbons (Fsp3) is 0.476. The number of fused-ring (bicyclic) bond motifs is 2. The molecule has 2 aliphatic carbocycles. The zero-order chi connectivity index (χ0) is 19.4. The van der Waals surface area contributed by atoms with Crippen molar-refractivity contribution in [2.24, 2.45) is 0 Å². The first kappa shape index (κ1) is 20.2. The molecule has 0 aliphatic heterocycles. The fourth-order valence-corrected chi connectivity index (χ4v) is 4.18. The molecule has 1 N–H and O–H groups in total. The largest absolute Gasteiger partial charge is 0.384 e. The maximum Gasteiger partial charge on any atom is 0.181 e. The summed E-state index contributed by atoms with van der Waals surface area (Å²) in [6.45, 7) is 2.08. The van der Waals surface area contributed by atoms with Crippen LogP contribution in [0.25, 0.3) is 0 Å². The Labute approximate surface area is 169 Å². The summed E-state index contributed by atoms with van der Waals surface area (Å²) in [4.78, 5) is 19.6. The molecule has 2 aromatic heterocycles. The Morgan fingerprint density at radius 1 is 1.00 bits per heavy atom. The van der Waals surface area contributed by atoms with Crippen molar-refractivity contribution in [3.05, 3.63) is 57.1 Å². The topological polar surface area (TPSA) is 63.1 Å². The first-order chi connectivity index (χ1) is 12.9. The van der Waals surface area contributed by atoms with Crippen LogP contribution in [0.4, 0.5) is 0 Å². The highest BCUT2D eigenvalue weighted by atomic mass is 35.5. The van der Waals surface area contributed by atoms with Crippen LogP contribution in [0, 0.1) is 0 Å². The van der Waals surface area contributed by atoms with Crippen molar-refractivity contribution in [1.29, 1.82) is 0 Å². The van der Waals surface area contributed by atoms with Gasteiger partial charge in [0.2, 0.25) is 0 Å². The molecule has 0 amide bonds. The van der Waals surface area contributed by atoms with Gasteiger partial charge in [0.25, 0.3) is 0 Å². The van der Waals surface area contributed by atoms with Gasteiger partial charge in [0, 0.05) is 6.42 Å². The quantitative estimate of drug-likeness (QED) is 0.685. The van der Waals surface area contributed by atoms with Crippen LogP contribution >= 0.6 is 23.2 Å². The highest BCUT2D eigenvalue weighted by Crippen LogP contribution is 2.37. The fourth-order valence-electron chi connectivity index (χ4n) is 3.88. The van der Waals surface area contributed by atoms with E-state index in [0.29, 0.717) is 22.4 Å². The van der Waals surface area contributed by atoms with Gasteiger partial charge >= 0.3 is 0 Å². The Bertz CT molecular complexity index is 841. The number of nitrogens with zero attached hydrogens (tertiary/aromatic N) is 2. The molecule has 27 heavy (non-hydrogen) atoms. The Morgan fingerprint density at radius 3 is 2.41 bits per heavy atom. The van der Waals surface area contributed by atoms with Crippen LogP contribution in [0.5, 0.6) is 0 Å². The van der Waals surface area contributed by atoms with Crippen molar-refractivity contribution in [2.45, 2.75) is 63.9 Å². The number of pyridine rings is 2. The molecule has 4 nitrogen and oxygen atoms in total. The Kier molecular flexibility index (Phi) is 6.51. The zero-order valence-corrected chi connectivity index (χ0v) is 17.0. The lowest BCUT2D eigenvalue weighted by Gasteiger charge is -2.33. The first-order valence-electron chi connectivity index (χ1n) is 9.50. The minimum atomic E-state index is -0.743. The molecule has 0 spiro atoms. The Morgan fingerprint density at radius 2 is 1.67 bits per heavy atom. The molecule has 2 aliphatic rings. The number of rotatable bonds is 2. The molecule has 0 saturated heterocycles. The number of aromatic nitrogens is 2. The summed E-state index contributed by atoms with van der Waals surface area (Å²) >= 11 is 11.6. The van der Waals surface area contributed by atoms with Gasteiger partial charge in [-0.05, 0) is 61.8 Å². The van der Waals surface area contributed by atoms with Crippen molar-refractivity contribution in [3.8, 4) is 0 Å². The van der Waals surface area contributed by atoms with E-state index in [4.69, 9.17) is 23.2 Å². The van der Waals surface area contributed by atoms with Crippen LogP contribution in [0.3, 0.4) is 0 Å². The van der Waals surface area contributed by atoms with Gasteiger partial charge in [-0.1, -0.05) is 48.7 Å². The molecule has 1 unspecified atom stereocenters. The standard InChI is InChI=1S/C12H16ClNO.C9H8ClNO/c1-2-7-12(15)8-3-4-9-5-6-10(13)14-11(9)12;10-8-5-4-6-2-1-3-7(12)9(6)11-8/h5-6,15H,2-4,7-8H2,1H3;4-5H,1-3H2. The number of aryl methyl sites for hydroxylation is 2. The molecule has 0 bridgehead atoms. The van der Waals surface area contributed by atoms with Gasteiger partial charge in [-0.15, -0.1) is 0 Å². The summed E-state index contributed by atoms with van der Waals surface area (Å²) in [6.07, 6.45) is 7.08. The van der Waals surface area contributed by atoms with Crippen molar-refractivity contribution in [2.75, 3.05) is 0 Å².